The molecule has 6 nitrogen and oxygen atoms in total. The molecule has 0 aliphatic carbocycles. The van der Waals surface area contributed by atoms with Gasteiger partial charge in [-0.05, 0) is 155 Å². The van der Waals surface area contributed by atoms with Crippen LogP contribution in [0.5, 0.6) is 0 Å². The average Bonchev–Trinajstić information content (AvgIpc) is 1.72. The van der Waals surface area contributed by atoms with Crippen LogP contribution in [0.2, 0.25) is 0 Å². The normalized spacial score (nSPS) is 11.7. The van der Waals surface area contributed by atoms with Crippen molar-refractivity contribution < 1.29 is 0 Å². The van der Waals surface area contributed by atoms with Gasteiger partial charge in [0.2, 0.25) is 0 Å². The molecule has 17 rings (SSSR count). The zero-order chi connectivity index (χ0) is 59.1. The molecular weight excluding hydrogens is 1080 g/mol. The predicted octanol–water partition coefficient (Wildman–Crippen LogP) is 21.4. The van der Waals surface area contributed by atoms with Crippen molar-refractivity contribution >= 4 is 65.4 Å². The highest BCUT2D eigenvalue weighted by Crippen LogP contribution is 2.43. The third-order valence-corrected chi connectivity index (χ3v) is 17.8. The third kappa shape index (κ3) is 8.99. The van der Waals surface area contributed by atoms with Gasteiger partial charge in [0.25, 0.3) is 0 Å². The van der Waals surface area contributed by atoms with E-state index in [2.05, 4.69) is 331 Å². The van der Waals surface area contributed by atoms with E-state index in [1.54, 1.807) is 0 Å². The van der Waals surface area contributed by atoms with Crippen molar-refractivity contribution in [3.8, 4) is 95.7 Å². The van der Waals surface area contributed by atoms with Crippen molar-refractivity contribution in [3.05, 3.63) is 314 Å². The van der Waals surface area contributed by atoms with Gasteiger partial charge in [-0.1, -0.05) is 217 Å². The van der Waals surface area contributed by atoms with Crippen molar-refractivity contribution in [1.82, 2.24) is 28.7 Å². The smallest absolute Gasteiger partial charge is 0.164 e. The number of hydrogen-bond donors (Lipinski definition) is 0. The Labute approximate surface area is 515 Å². The summed E-state index contributed by atoms with van der Waals surface area (Å²) in [6.07, 6.45) is 0. The van der Waals surface area contributed by atoms with E-state index < -0.39 is 0 Å². The van der Waals surface area contributed by atoms with Crippen LogP contribution in [0.25, 0.3) is 161 Å². The zero-order valence-corrected chi connectivity index (χ0v) is 49.1. The molecule has 0 saturated carbocycles. The van der Waals surface area contributed by atoms with Gasteiger partial charge in [0.05, 0.1) is 33.1 Å². The van der Waals surface area contributed by atoms with Gasteiger partial charge < -0.3 is 13.7 Å². The van der Waals surface area contributed by atoms with E-state index in [4.69, 9.17) is 15.0 Å². The van der Waals surface area contributed by atoms with Crippen molar-refractivity contribution in [1.29, 1.82) is 0 Å². The molecular formula is C83H56N6. The van der Waals surface area contributed by atoms with Crippen LogP contribution in [0.3, 0.4) is 0 Å². The maximum Gasteiger partial charge on any atom is 0.164 e. The highest BCUT2D eigenvalue weighted by molar-refractivity contribution is 6.15. The number of rotatable bonds is 10. The number of aryl methyl sites for hydroxylation is 2. The van der Waals surface area contributed by atoms with Crippen LogP contribution >= 0.6 is 0 Å². The van der Waals surface area contributed by atoms with E-state index in [0.29, 0.717) is 17.5 Å². The minimum Gasteiger partial charge on any atom is -0.309 e. The lowest BCUT2D eigenvalue weighted by Crippen LogP contribution is -2.01. The van der Waals surface area contributed by atoms with E-state index >= 15 is 0 Å². The molecule has 0 bridgehead atoms. The first kappa shape index (κ1) is 51.7. The Bertz CT molecular complexity index is 5050. The fraction of sp³-hybridized carbons (Fsp3) is 0.0241. The second-order valence-corrected chi connectivity index (χ2v) is 23.4. The second kappa shape index (κ2) is 21.1. The number of nitrogens with zero attached hydrogens (tertiary/aromatic N) is 6. The molecule has 418 valence electrons. The molecule has 0 saturated heterocycles. The summed E-state index contributed by atoms with van der Waals surface area (Å²) in [5, 5.41) is 7.12. The van der Waals surface area contributed by atoms with Crippen molar-refractivity contribution in [2.45, 2.75) is 13.8 Å². The van der Waals surface area contributed by atoms with Crippen LogP contribution in [0.15, 0.2) is 303 Å². The highest BCUT2D eigenvalue weighted by Gasteiger charge is 2.22. The summed E-state index contributed by atoms with van der Waals surface area (Å²) in [5.41, 5.74) is 24.5. The quantitative estimate of drug-likeness (QED) is 0.137. The highest BCUT2D eigenvalue weighted by atomic mass is 15.0. The fourth-order valence-electron chi connectivity index (χ4n) is 13.3. The topological polar surface area (TPSA) is 53.5 Å². The van der Waals surface area contributed by atoms with E-state index in [1.807, 2.05) is 0 Å². The largest absolute Gasteiger partial charge is 0.309 e. The summed E-state index contributed by atoms with van der Waals surface area (Å²) in [6, 6.07) is 110. The van der Waals surface area contributed by atoms with Crippen LogP contribution in [0.1, 0.15) is 11.1 Å². The summed E-state index contributed by atoms with van der Waals surface area (Å²) >= 11 is 0. The molecule has 89 heavy (non-hydrogen) atoms. The van der Waals surface area contributed by atoms with Gasteiger partial charge in [-0.3, -0.25) is 0 Å². The number of hydrogen-bond acceptors (Lipinski definition) is 3. The Morgan fingerprint density at radius 3 is 0.753 bits per heavy atom. The van der Waals surface area contributed by atoms with Crippen LogP contribution in [0, 0.1) is 13.8 Å². The first-order chi connectivity index (χ1) is 43.9. The summed E-state index contributed by atoms with van der Waals surface area (Å²) < 4.78 is 7.36. The maximum absolute atomic E-state index is 5.17. The summed E-state index contributed by atoms with van der Waals surface area (Å²) in [5.74, 6) is 1.87. The standard InChI is InChI=1S/C83H56N6/c1-53-23-27-59(28-24-53)81-84-82(60-29-25-54(2)26-30-60)86-83(85-81)61-31-37-66(38-32-61)87-79-51-67(88-75-43-33-62(55-15-7-3-8-16-55)47-71(75)72-48-63(34-44-76(72)88)56-17-9-4-10-18-56)39-41-69(79)70-42-40-68(52-80(70)87)89-77-45-35-64(57-19-11-5-12-20-57)49-73(77)74-50-65(36-46-78(74)89)58-21-13-6-14-22-58/h3-52H,1-2H3. The molecule has 0 aliphatic rings. The molecule has 0 unspecified atom stereocenters. The Kier molecular flexibility index (Phi) is 12.2. The monoisotopic (exact) mass is 1140 g/mol. The molecule has 4 aromatic heterocycles. The van der Waals surface area contributed by atoms with Gasteiger partial charge in [0.1, 0.15) is 0 Å². The lowest BCUT2D eigenvalue weighted by molar-refractivity contribution is 1.07. The number of fused-ring (bicyclic) bond motifs is 9. The molecule has 4 heterocycles. The second-order valence-electron chi connectivity index (χ2n) is 23.4. The molecule has 0 fully saturated rings. The Balaban J connectivity index is 0.886. The number of aromatic nitrogens is 6. The third-order valence-electron chi connectivity index (χ3n) is 17.8. The first-order valence-electron chi connectivity index (χ1n) is 30.4. The van der Waals surface area contributed by atoms with Gasteiger partial charge in [-0.2, -0.15) is 0 Å². The molecule has 0 N–H and O–H groups in total. The van der Waals surface area contributed by atoms with E-state index in [0.717, 1.165) is 77.6 Å². The lowest BCUT2D eigenvalue weighted by Gasteiger charge is -2.13. The summed E-state index contributed by atoms with van der Waals surface area (Å²) in [6.45, 7) is 4.20. The van der Waals surface area contributed by atoms with Crippen LogP contribution in [-0.4, -0.2) is 28.7 Å². The van der Waals surface area contributed by atoms with Crippen molar-refractivity contribution in [3.63, 3.8) is 0 Å². The minimum atomic E-state index is 0.610. The Morgan fingerprint density at radius 1 is 0.191 bits per heavy atom. The molecule has 0 atom stereocenters. The molecule has 0 amide bonds. The number of benzene rings is 13. The van der Waals surface area contributed by atoms with Gasteiger partial charge in [-0.25, -0.2) is 15.0 Å². The Hall–Kier alpha value is -11.7. The molecule has 13 aromatic carbocycles. The van der Waals surface area contributed by atoms with Gasteiger partial charge in [-0.15, -0.1) is 0 Å². The van der Waals surface area contributed by atoms with Gasteiger partial charge in [0, 0.05) is 66.1 Å². The predicted molar refractivity (Wildman–Crippen MR) is 370 cm³/mol. The van der Waals surface area contributed by atoms with E-state index in [1.165, 1.54) is 77.2 Å². The summed E-state index contributed by atoms with van der Waals surface area (Å²) in [7, 11) is 0. The molecule has 17 aromatic rings. The van der Waals surface area contributed by atoms with Gasteiger partial charge in [0.15, 0.2) is 17.5 Å². The summed E-state index contributed by atoms with van der Waals surface area (Å²) in [4.78, 5) is 15.4. The molecule has 0 spiro atoms. The zero-order valence-electron chi connectivity index (χ0n) is 49.1. The maximum atomic E-state index is 5.17. The lowest BCUT2D eigenvalue weighted by atomic mass is 10.0. The van der Waals surface area contributed by atoms with Crippen molar-refractivity contribution in [2.75, 3.05) is 0 Å². The average molecular weight is 1140 g/mol. The van der Waals surface area contributed by atoms with Gasteiger partial charge >= 0.3 is 0 Å². The van der Waals surface area contributed by atoms with Crippen LogP contribution in [0.4, 0.5) is 0 Å². The van der Waals surface area contributed by atoms with Crippen LogP contribution in [-0.2, 0) is 0 Å². The Morgan fingerprint density at radius 2 is 0.449 bits per heavy atom. The fourth-order valence-corrected chi connectivity index (χ4v) is 13.3. The SMILES string of the molecule is Cc1ccc(-c2nc(-c3ccc(C)cc3)nc(-c3ccc(-n4c5cc(-n6c7ccc(-c8ccccc8)cc7c7cc(-c8ccccc8)ccc76)ccc5c5ccc(-n6c7ccc(-c8ccccc8)cc7c7cc(-c8ccccc8)ccc76)cc54)cc3)n2)cc1. The molecule has 0 aliphatic heterocycles. The van der Waals surface area contributed by atoms with Crippen molar-refractivity contribution in [2.24, 2.45) is 0 Å². The van der Waals surface area contributed by atoms with E-state index in [9.17, 15) is 0 Å². The van der Waals surface area contributed by atoms with Crippen LogP contribution < -0.4 is 0 Å². The molecule has 0 radical (unpaired) electrons. The minimum absolute atomic E-state index is 0.610. The van der Waals surface area contributed by atoms with E-state index in [-0.39, 0.29) is 0 Å². The first-order valence-corrected chi connectivity index (χ1v) is 30.4. The molecule has 6 heteroatoms.